The van der Waals surface area contributed by atoms with E-state index < -0.39 is 10.0 Å². The fraction of sp³-hybridized carbons (Fsp3) is 0.750. The maximum atomic E-state index is 10.7. The normalized spacial score (nSPS) is 10.9. The van der Waals surface area contributed by atoms with E-state index in [1.165, 1.54) is 4.68 Å². The third kappa shape index (κ3) is 5.17. The van der Waals surface area contributed by atoms with Crippen molar-refractivity contribution in [2.75, 3.05) is 12.8 Å². The predicted octanol–water partition coefficient (Wildman–Crippen LogP) is -4.00. The molecule has 1 heterocycles. The van der Waals surface area contributed by atoms with E-state index in [0.29, 0.717) is 11.3 Å². The van der Waals surface area contributed by atoms with Crippen LogP contribution < -0.4 is 34.3 Å². The molecule has 0 aliphatic carbocycles. The number of nitrogens with zero attached hydrogens (tertiary/aromatic N) is 3. The van der Waals surface area contributed by atoms with Crippen LogP contribution in [-0.2, 0) is 16.6 Å². The molecule has 0 bridgehead atoms. The molecule has 14 heavy (non-hydrogen) atoms. The summed E-state index contributed by atoms with van der Waals surface area (Å²) < 4.78 is 25.4. The number of hydrogen-bond donors (Lipinski definition) is 2. The van der Waals surface area contributed by atoms with Gasteiger partial charge in [-0.25, -0.2) is 17.8 Å². The third-order valence-corrected chi connectivity index (χ3v) is 2.26. The summed E-state index contributed by atoms with van der Waals surface area (Å²) in [5.74, 6) is 0. The van der Waals surface area contributed by atoms with Crippen molar-refractivity contribution in [2.45, 2.75) is 6.54 Å². The molecule has 2 N–H and O–H groups in total. The Bertz CT molecular complexity index is 428. The van der Waals surface area contributed by atoms with Gasteiger partial charge < -0.3 is 1.43 Å². The molecule has 1 aromatic heterocycles. The maximum absolute atomic E-state index is 10.7. The fourth-order valence-corrected chi connectivity index (χ4v) is 1.34. The fourth-order valence-electron chi connectivity index (χ4n) is 0.704. The molecule has 0 atom stereocenters. The SMILES string of the molecule is CS(=O)(=O)NCCn1[nH]nnc1=S.[H-].[Na+]. The topological polar surface area (TPSA) is 92.7 Å². The molecule has 0 amide bonds. The van der Waals surface area contributed by atoms with Crippen molar-refractivity contribution >= 4 is 22.2 Å². The largest absolute Gasteiger partial charge is 1.00 e. The van der Waals surface area contributed by atoms with E-state index in [4.69, 9.17) is 12.2 Å². The van der Waals surface area contributed by atoms with Crippen LogP contribution in [0.4, 0.5) is 0 Å². The molecule has 10 heteroatoms. The van der Waals surface area contributed by atoms with Crippen molar-refractivity contribution in [2.24, 2.45) is 0 Å². The summed E-state index contributed by atoms with van der Waals surface area (Å²) in [7, 11) is -3.14. The quantitative estimate of drug-likeness (QED) is 0.418. The van der Waals surface area contributed by atoms with Crippen LogP contribution in [0.1, 0.15) is 1.43 Å². The molecule has 0 radical (unpaired) electrons. The zero-order valence-corrected chi connectivity index (χ0v) is 11.5. The van der Waals surface area contributed by atoms with Crippen LogP contribution in [0.2, 0.25) is 0 Å². The van der Waals surface area contributed by atoms with Crippen LogP contribution in [0, 0.1) is 4.77 Å². The van der Waals surface area contributed by atoms with Gasteiger partial charge in [-0.1, -0.05) is 10.3 Å². The van der Waals surface area contributed by atoms with E-state index in [-0.39, 0.29) is 37.5 Å². The predicted molar refractivity (Wildman–Crippen MR) is 49.2 cm³/mol. The van der Waals surface area contributed by atoms with Crippen LogP contribution in [0.25, 0.3) is 0 Å². The summed E-state index contributed by atoms with van der Waals surface area (Å²) in [6.07, 6.45) is 1.09. The Kier molecular flexibility index (Phi) is 6.02. The molecular weight excluding hydrogens is 237 g/mol. The molecule has 0 aromatic carbocycles. The number of sulfonamides is 1. The van der Waals surface area contributed by atoms with Gasteiger partial charge in [-0.2, -0.15) is 5.21 Å². The molecule has 76 valence electrons. The number of nitrogens with one attached hydrogen (secondary N) is 2. The Morgan fingerprint density at radius 1 is 1.71 bits per heavy atom. The number of aromatic nitrogens is 4. The van der Waals surface area contributed by atoms with Gasteiger partial charge in [0.05, 0.1) is 12.8 Å². The minimum absolute atomic E-state index is 0. The Balaban J connectivity index is 0. The summed E-state index contributed by atoms with van der Waals surface area (Å²) in [4.78, 5) is 0. The molecule has 0 spiro atoms. The molecule has 1 rings (SSSR count). The zero-order valence-electron chi connectivity index (χ0n) is 8.89. The molecule has 0 saturated heterocycles. The van der Waals surface area contributed by atoms with E-state index in [0.717, 1.165) is 6.26 Å². The molecule has 0 fully saturated rings. The average molecular weight is 247 g/mol. The Hall–Kier alpha value is 0.200. The van der Waals surface area contributed by atoms with Gasteiger partial charge in [-0.05, 0) is 12.2 Å². The summed E-state index contributed by atoms with van der Waals surface area (Å²) in [5.41, 5.74) is 0. The average Bonchev–Trinajstić information content (AvgIpc) is 2.34. The number of rotatable bonds is 4. The smallest absolute Gasteiger partial charge is 1.00 e. The molecule has 0 saturated carbocycles. The maximum Gasteiger partial charge on any atom is 1.00 e. The first-order valence-corrected chi connectivity index (χ1v) is 5.71. The Labute approximate surface area is 110 Å². The van der Waals surface area contributed by atoms with Crippen LogP contribution >= 0.6 is 12.2 Å². The Morgan fingerprint density at radius 3 is 2.79 bits per heavy atom. The minimum Gasteiger partial charge on any atom is -1.00 e. The number of hydrogen-bond acceptors (Lipinski definition) is 5. The second-order valence-electron chi connectivity index (χ2n) is 2.40. The van der Waals surface area contributed by atoms with E-state index in [1.807, 2.05) is 0 Å². The van der Waals surface area contributed by atoms with Gasteiger partial charge in [-0.15, -0.1) is 0 Å². The zero-order chi connectivity index (χ0) is 9.90. The first-order valence-electron chi connectivity index (χ1n) is 3.41. The number of tetrazole rings is 1. The van der Waals surface area contributed by atoms with Crippen molar-refractivity contribution in [1.29, 1.82) is 0 Å². The van der Waals surface area contributed by atoms with E-state index in [1.54, 1.807) is 0 Å². The second-order valence-corrected chi connectivity index (χ2v) is 4.60. The van der Waals surface area contributed by atoms with Crippen LogP contribution in [0.3, 0.4) is 0 Å². The van der Waals surface area contributed by atoms with E-state index in [9.17, 15) is 8.42 Å². The van der Waals surface area contributed by atoms with Gasteiger partial charge in [0.25, 0.3) is 0 Å². The van der Waals surface area contributed by atoms with Gasteiger partial charge >= 0.3 is 29.6 Å². The van der Waals surface area contributed by atoms with Crippen molar-refractivity contribution in [3.05, 3.63) is 4.77 Å². The molecule has 1 aromatic rings. The van der Waals surface area contributed by atoms with Gasteiger partial charge in [0.15, 0.2) is 0 Å². The van der Waals surface area contributed by atoms with Crippen molar-refractivity contribution in [1.82, 2.24) is 24.9 Å². The van der Waals surface area contributed by atoms with E-state index >= 15 is 0 Å². The Morgan fingerprint density at radius 2 is 2.36 bits per heavy atom. The van der Waals surface area contributed by atoms with Gasteiger partial charge in [-0.3, -0.25) is 0 Å². The summed E-state index contributed by atoms with van der Waals surface area (Å²) in [6.45, 7) is 0.649. The standard InChI is InChI=1S/C4H9N5O2S2.Na.H/c1-13(10,11)5-2-3-9-4(12)6-7-8-9;;/h5H,2-3H2,1H3,(H,6,8,12);;/q;+1;-1. The molecule has 0 aliphatic rings. The monoisotopic (exact) mass is 247 g/mol. The minimum atomic E-state index is -3.14. The van der Waals surface area contributed by atoms with Crippen molar-refractivity contribution in [3.8, 4) is 0 Å². The van der Waals surface area contributed by atoms with Gasteiger partial charge in [0.1, 0.15) is 0 Å². The molecule has 0 unspecified atom stereocenters. The van der Waals surface area contributed by atoms with Crippen LogP contribution in [0.5, 0.6) is 0 Å². The summed E-state index contributed by atoms with van der Waals surface area (Å²) in [6, 6.07) is 0. The third-order valence-electron chi connectivity index (χ3n) is 1.23. The summed E-state index contributed by atoms with van der Waals surface area (Å²) in [5, 5.41) is 9.48. The molecule has 0 aliphatic heterocycles. The first-order chi connectivity index (χ1) is 5.99. The van der Waals surface area contributed by atoms with Gasteiger partial charge in [0, 0.05) is 6.54 Å². The first kappa shape index (κ1) is 14.2. The second kappa shape index (κ2) is 5.93. The van der Waals surface area contributed by atoms with Crippen LogP contribution in [0.15, 0.2) is 0 Å². The van der Waals surface area contributed by atoms with Crippen molar-refractivity contribution < 1.29 is 39.4 Å². The van der Waals surface area contributed by atoms with Gasteiger partial charge in [0.2, 0.25) is 14.8 Å². The number of aromatic amines is 1. The van der Waals surface area contributed by atoms with E-state index in [2.05, 4.69) is 20.2 Å². The summed E-state index contributed by atoms with van der Waals surface area (Å²) >= 11 is 4.77. The molecular formula is C4H10N5NaO2S2. The number of H-pyrrole nitrogens is 1. The van der Waals surface area contributed by atoms with Crippen LogP contribution in [-0.4, -0.2) is 41.4 Å². The van der Waals surface area contributed by atoms with Crippen molar-refractivity contribution in [3.63, 3.8) is 0 Å². The molecule has 7 nitrogen and oxygen atoms in total.